The molecule has 9 nitrogen and oxygen atoms in total. The van der Waals surface area contributed by atoms with Gasteiger partial charge in [0.2, 0.25) is 15.8 Å². The van der Waals surface area contributed by atoms with Gasteiger partial charge in [0.05, 0.1) is 5.56 Å². The van der Waals surface area contributed by atoms with Crippen molar-refractivity contribution in [3.63, 3.8) is 0 Å². The third kappa shape index (κ3) is 5.69. The number of piperidine rings is 1. The highest BCUT2D eigenvalue weighted by Gasteiger charge is 2.41. The molecule has 3 aliphatic rings. The summed E-state index contributed by atoms with van der Waals surface area (Å²) in [5.74, 6) is -0.349. The Morgan fingerprint density at radius 1 is 0.973 bits per heavy atom. The van der Waals surface area contributed by atoms with Crippen LogP contribution in [0.1, 0.15) is 81.3 Å². The quantitative estimate of drug-likeness (QED) is 0.455. The number of alkyl halides is 3. The fourth-order valence-electron chi connectivity index (χ4n) is 6.71. The topological polar surface area (TPSA) is 139 Å². The van der Waals surface area contributed by atoms with Crippen molar-refractivity contribution < 1.29 is 21.6 Å². The van der Waals surface area contributed by atoms with Crippen LogP contribution in [0, 0.1) is 5.41 Å². The zero-order valence-electron chi connectivity index (χ0n) is 20.6. The molecule has 1 aliphatic heterocycles. The largest absolute Gasteiger partial charge is 0.417 e. The molecule has 2 saturated carbocycles. The molecule has 0 atom stereocenters. The fourth-order valence-corrected chi connectivity index (χ4v) is 7.70. The van der Waals surface area contributed by atoms with Crippen LogP contribution >= 0.6 is 0 Å². The minimum Gasteiger partial charge on any atom is -0.317 e. The Hall–Kier alpha value is -2.09. The van der Waals surface area contributed by atoms with Crippen LogP contribution in [0.15, 0.2) is 17.0 Å². The Bertz CT molecular complexity index is 1180. The lowest BCUT2D eigenvalue weighted by molar-refractivity contribution is -0.139. The highest BCUT2D eigenvalue weighted by Crippen LogP contribution is 2.46. The molecule has 37 heavy (non-hydrogen) atoms. The Labute approximate surface area is 214 Å². The smallest absolute Gasteiger partial charge is 0.317 e. The van der Waals surface area contributed by atoms with E-state index >= 15 is 0 Å². The number of hydrogen-bond acceptors (Lipinski definition) is 7. The third-order valence-corrected chi connectivity index (χ3v) is 9.69. The minimum absolute atomic E-state index is 0.140. The van der Waals surface area contributed by atoms with Gasteiger partial charge in [-0.2, -0.15) is 18.4 Å². The lowest BCUT2D eigenvalue weighted by Gasteiger charge is -2.44. The van der Waals surface area contributed by atoms with Crippen molar-refractivity contribution in [3.05, 3.63) is 23.3 Å². The van der Waals surface area contributed by atoms with E-state index in [0.717, 1.165) is 32.0 Å². The lowest BCUT2D eigenvalue weighted by atomic mass is 9.67. The first-order valence-electron chi connectivity index (χ1n) is 13.0. The number of aromatic nitrogens is 4. The summed E-state index contributed by atoms with van der Waals surface area (Å²) < 4.78 is 66.1. The van der Waals surface area contributed by atoms with Crippen molar-refractivity contribution in [1.82, 2.24) is 31.3 Å². The van der Waals surface area contributed by atoms with Crippen molar-refractivity contribution in [2.24, 2.45) is 10.6 Å². The van der Waals surface area contributed by atoms with Gasteiger partial charge in [-0.3, -0.25) is 0 Å². The van der Waals surface area contributed by atoms with E-state index < -0.39 is 26.7 Å². The zero-order chi connectivity index (χ0) is 26.3. The fraction of sp³-hybridized carbons (Fsp3) is 0.708. The Kier molecular flexibility index (Phi) is 7.33. The molecule has 1 saturated heterocycles. The number of rotatable bonds is 5. The monoisotopic (exact) mass is 541 g/mol. The molecule has 1 aromatic heterocycles. The van der Waals surface area contributed by atoms with Gasteiger partial charge in [-0.15, -0.1) is 10.2 Å². The first kappa shape index (κ1) is 26.5. The van der Waals surface area contributed by atoms with Gasteiger partial charge < -0.3 is 10.6 Å². The number of sulfonamides is 1. The van der Waals surface area contributed by atoms with E-state index in [1.165, 1.54) is 44.6 Å². The van der Waals surface area contributed by atoms with Gasteiger partial charge in [-0.25, -0.2) is 13.6 Å². The summed E-state index contributed by atoms with van der Waals surface area (Å²) in [4.78, 5) is -0.992. The van der Waals surface area contributed by atoms with Gasteiger partial charge in [0.15, 0.2) is 0 Å². The van der Waals surface area contributed by atoms with Crippen LogP contribution in [0.25, 0.3) is 11.4 Å². The number of H-pyrrole nitrogens is 1. The van der Waals surface area contributed by atoms with E-state index in [-0.39, 0.29) is 17.3 Å². The van der Waals surface area contributed by atoms with Crippen LogP contribution in [0.3, 0.4) is 0 Å². The van der Waals surface area contributed by atoms with Crippen molar-refractivity contribution in [3.8, 4) is 11.4 Å². The number of halogens is 3. The highest BCUT2D eigenvalue weighted by atomic mass is 32.2. The summed E-state index contributed by atoms with van der Waals surface area (Å²) in [5, 5.41) is 25.9. The molecule has 0 amide bonds. The van der Waals surface area contributed by atoms with Gasteiger partial charge in [0.25, 0.3) is 0 Å². The average molecular weight is 542 g/mol. The zero-order valence-corrected chi connectivity index (χ0v) is 21.5. The summed E-state index contributed by atoms with van der Waals surface area (Å²) in [6.07, 6.45) is 5.63. The van der Waals surface area contributed by atoms with Gasteiger partial charge in [-0.05, 0) is 105 Å². The molecule has 0 radical (unpaired) electrons. The summed E-state index contributed by atoms with van der Waals surface area (Å²) in [6, 6.07) is 2.99. The second kappa shape index (κ2) is 10.2. The number of primary sulfonamides is 1. The second-order valence-corrected chi connectivity index (χ2v) is 12.4. The standard InChI is InChI=1S/C24H34F3N7O2S/c25-24(26,27)19-6-5-18(20(21(19)37(28,35)36)22-31-33-34-32-22)15-1-3-16(4-2-15)30-17-7-9-23(10-8-17)11-13-29-14-12-23/h5-6,15-17,29-30H,1-4,7-14H2,(H2,28,35,36)(H,31,32,33,34). The predicted octanol–water partition coefficient (Wildman–Crippen LogP) is 3.46. The van der Waals surface area contributed by atoms with Gasteiger partial charge in [-0.1, -0.05) is 6.07 Å². The molecule has 13 heteroatoms. The molecule has 5 N–H and O–H groups in total. The maximum absolute atomic E-state index is 13.8. The maximum Gasteiger partial charge on any atom is 0.417 e. The number of hydrogen-bond donors (Lipinski definition) is 4. The van der Waals surface area contributed by atoms with E-state index in [2.05, 4.69) is 31.3 Å². The van der Waals surface area contributed by atoms with Crippen molar-refractivity contribution in [1.29, 1.82) is 0 Å². The molecule has 204 valence electrons. The summed E-state index contributed by atoms with van der Waals surface area (Å²) in [7, 11) is -4.73. The van der Waals surface area contributed by atoms with E-state index in [1.54, 1.807) is 0 Å². The molecular formula is C24H34F3N7O2S. The van der Waals surface area contributed by atoms with Crippen LogP contribution in [-0.4, -0.2) is 54.2 Å². The number of aromatic amines is 1. The third-order valence-electron chi connectivity index (χ3n) is 8.70. The molecule has 2 aliphatic carbocycles. The lowest BCUT2D eigenvalue weighted by Crippen LogP contribution is -2.46. The van der Waals surface area contributed by atoms with E-state index in [9.17, 15) is 21.6 Å². The summed E-state index contributed by atoms with van der Waals surface area (Å²) in [6.45, 7) is 2.23. The van der Waals surface area contributed by atoms with Gasteiger partial charge >= 0.3 is 6.18 Å². The number of benzene rings is 1. The van der Waals surface area contributed by atoms with E-state index in [4.69, 9.17) is 5.14 Å². The number of nitrogens with one attached hydrogen (secondary N) is 3. The summed E-state index contributed by atoms with van der Waals surface area (Å²) >= 11 is 0. The van der Waals surface area contributed by atoms with E-state index in [0.29, 0.717) is 35.9 Å². The average Bonchev–Trinajstić information content (AvgIpc) is 3.39. The Morgan fingerprint density at radius 2 is 1.62 bits per heavy atom. The first-order valence-corrected chi connectivity index (χ1v) is 14.6. The van der Waals surface area contributed by atoms with Crippen LogP contribution in [-0.2, 0) is 16.2 Å². The normalized spacial score (nSPS) is 25.4. The summed E-state index contributed by atoms with van der Waals surface area (Å²) in [5.41, 5.74) is -0.557. The molecule has 2 heterocycles. The molecule has 0 bridgehead atoms. The van der Waals surface area contributed by atoms with Crippen LogP contribution in [0.2, 0.25) is 0 Å². The first-order chi connectivity index (χ1) is 17.6. The number of nitrogens with two attached hydrogens (primary N) is 1. The van der Waals surface area contributed by atoms with Crippen molar-refractivity contribution in [2.45, 2.75) is 93.3 Å². The maximum atomic E-state index is 13.8. The Morgan fingerprint density at radius 3 is 2.19 bits per heavy atom. The SMILES string of the molecule is NS(=O)(=O)c1c(C(F)(F)F)ccc(C2CCC(NC3CCC4(CCNCC4)CC3)CC2)c1-c1nn[nH]n1. The number of tetrazole rings is 1. The Balaban J connectivity index is 1.32. The second-order valence-electron chi connectivity index (χ2n) is 10.9. The van der Waals surface area contributed by atoms with E-state index in [1.807, 2.05) is 0 Å². The van der Waals surface area contributed by atoms with Crippen molar-refractivity contribution >= 4 is 10.0 Å². The molecule has 0 unspecified atom stereocenters. The van der Waals surface area contributed by atoms with Crippen LogP contribution < -0.4 is 15.8 Å². The molecule has 5 rings (SSSR count). The van der Waals surface area contributed by atoms with Crippen LogP contribution in [0.5, 0.6) is 0 Å². The molecule has 3 fully saturated rings. The molecular weight excluding hydrogens is 507 g/mol. The van der Waals surface area contributed by atoms with Gasteiger partial charge in [0.1, 0.15) is 4.90 Å². The predicted molar refractivity (Wildman–Crippen MR) is 131 cm³/mol. The minimum atomic E-state index is -4.91. The number of nitrogens with zero attached hydrogens (tertiary/aromatic N) is 3. The van der Waals surface area contributed by atoms with Crippen molar-refractivity contribution in [2.75, 3.05) is 13.1 Å². The molecule has 1 spiro atoms. The van der Waals surface area contributed by atoms with Crippen LogP contribution in [0.4, 0.5) is 13.2 Å². The highest BCUT2D eigenvalue weighted by molar-refractivity contribution is 7.89. The van der Waals surface area contributed by atoms with Gasteiger partial charge in [0, 0.05) is 17.6 Å². The molecule has 1 aromatic carbocycles. The molecule has 2 aromatic rings.